The fourth-order valence-corrected chi connectivity index (χ4v) is 2.77. The predicted octanol–water partition coefficient (Wildman–Crippen LogP) is 2.76. The fourth-order valence-electron chi connectivity index (χ4n) is 2.77. The maximum atomic E-state index is 12.2. The van der Waals surface area contributed by atoms with E-state index in [0.717, 1.165) is 17.3 Å². The first-order chi connectivity index (χ1) is 13.6. The van der Waals surface area contributed by atoms with E-state index in [9.17, 15) is 4.79 Å². The Morgan fingerprint density at radius 3 is 2.45 bits per heavy atom. The van der Waals surface area contributed by atoms with Gasteiger partial charge in [0, 0.05) is 44.9 Å². The van der Waals surface area contributed by atoms with Gasteiger partial charge < -0.3 is 25.0 Å². The first-order valence-corrected chi connectivity index (χ1v) is 9.05. The number of halogens is 1. The summed E-state index contributed by atoms with van der Waals surface area (Å²) < 4.78 is 10.5. The van der Waals surface area contributed by atoms with Gasteiger partial charge in [0.15, 0.2) is 5.96 Å². The summed E-state index contributed by atoms with van der Waals surface area (Å²) in [4.78, 5) is 18.5. The average molecular weight is 512 g/mol. The van der Waals surface area contributed by atoms with E-state index >= 15 is 0 Å². The van der Waals surface area contributed by atoms with Crippen LogP contribution in [0, 0.1) is 0 Å². The number of aliphatic imine (C=N–C) groups is 1. The predicted molar refractivity (Wildman–Crippen MR) is 127 cm³/mol. The molecule has 158 valence electrons. The number of rotatable bonds is 8. The lowest BCUT2D eigenvalue weighted by molar-refractivity contribution is 0.0954. The number of nitrogens with one attached hydrogen (secondary N) is 2. The molecule has 0 radical (unpaired) electrons. The van der Waals surface area contributed by atoms with E-state index in [1.165, 1.54) is 0 Å². The zero-order valence-corrected chi connectivity index (χ0v) is 19.6. The van der Waals surface area contributed by atoms with Crippen molar-refractivity contribution >= 4 is 35.8 Å². The lowest BCUT2D eigenvalue weighted by Gasteiger charge is -2.23. The molecule has 0 fully saturated rings. The minimum absolute atomic E-state index is 0. The molecular formula is C21H29IN4O3. The third-order valence-electron chi connectivity index (χ3n) is 4.20. The smallest absolute Gasteiger partial charge is 0.251 e. The molecule has 0 bridgehead atoms. The monoisotopic (exact) mass is 512 g/mol. The molecule has 0 spiro atoms. The summed E-state index contributed by atoms with van der Waals surface area (Å²) in [5.41, 5.74) is 1.64. The molecule has 0 saturated heterocycles. The number of methoxy groups -OCH3 is 2. The zero-order chi connectivity index (χ0) is 20.4. The van der Waals surface area contributed by atoms with Crippen molar-refractivity contribution in [1.82, 2.24) is 15.5 Å². The minimum atomic E-state index is -0.141. The molecule has 0 aliphatic carbocycles. The Bertz CT molecular complexity index is 814. The number of para-hydroxylation sites is 1. The van der Waals surface area contributed by atoms with Crippen molar-refractivity contribution in [1.29, 1.82) is 0 Å². The first-order valence-electron chi connectivity index (χ1n) is 9.05. The van der Waals surface area contributed by atoms with E-state index in [1.54, 1.807) is 45.5 Å². The number of hydrogen-bond donors (Lipinski definition) is 2. The highest BCUT2D eigenvalue weighted by atomic mass is 127. The van der Waals surface area contributed by atoms with Gasteiger partial charge in [-0.3, -0.25) is 9.79 Å². The van der Waals surface area contributed by atoms with Crippen LogP contribution in [0.1, 0.15) is 15.9 Å². The van der Waals surface area contributed by atoms with Crippen LogP contribution in [0.3, 0.4) is 0 Å². The molecule has 0 unspecified atom stereocenters. The average Bonchev–Trinajstić information content (AvgIpc) is 2.73. The summed E-state index contributed by atoms with van der Waals surface area (Å²) in [6.07, 6.45) is 0. The van der Waals surface area contributed by atoms with Gasteiger partial charge in [0.25, 0.3) is 5.91 Å². The molecule has 8 heteroatoms. The normalized spacial score (nSPS) is 10.6. The van der Waals surface area contributed by atoms with Gasteiger partial charge in [-0.05, 0) is 24.3 Å². The number of ether oxygens (including phenoxy) is 2. The van der Waals surface area contributed by atoms with Crippen LogP contribution < -0.4 is 20.1 Å². The van der Waals surface area contributed by atoms with Crippen molar-refractivity contribution in [2.75, 3.05) is 41.4 Å². The SMILES string of the molecule is CN=C(NCCNC(=O)c1cccc(OC)c1)N(C)Cc1ccccc1OC.I. The Morgan fingerprint density at radius 1 is 1.03 bits per heavy atom. The number of hydrogen-bond acceptors (Lipinski definition) is 4. The van der Waals surface area contributed by atoms with Crippen LogP contribution in [0.2, 0.25) is 0 Å². The van der Waals surface area contributed by atoms with Crippen LogP contribution >= 0.6 is 24.0 Å². The highest BCUT2D eigenvalue weighted by molar-refractivity contribution is 14.0. The van der Waals surface area contributed by atoms with Gasteiger partial charge in [-0.15, -0.1) is 24.0 Å². The maximum Gasteiger partial charge on any atom is 0.251 e. The summed E-state index contributed by atoms with van der Waals surface area (Å²) in [6, 6.07) is 15.0. The van der Waals surface area contributed by atoms with Crippen LogP contribution in [0.15, 0.2) is 53.5 Å². The van der Waals surface area contributed by atoms with E-state index in [2.05, 4.69) is 15.6 Å². The van der Waals surface area contributed by atoms with Gasteiger partial charge in [0.05, 0.1) is 14.2 Å². The molecule has 0 aliphatic heterocycles. The molecule has 2 aromatic rings. The summed E-state index contributed by atoms with van der Waals surface area (Å²) in [7, 11) is 6.93. The van der Waals surface area contributed by atoms with Crippen molar-refractivity contribution in [3.05, 3.63) is 59.7 Å². The van der Waals surface area contributed by atoms with E-state index in [0.29, 0.717) is 30.9 Å². The van der Waals surface area contributed by atoms with Crippen LogP contribution in [-0.4, -0.2) is 58.2 Å². The van der Waals surface area contributed by atoms with Gasteiger partial charge >= 0.3 is 0 Å². The molecule has 2 N–H and O–H groups in total. The zero-order valence-electron chi connectivity index (χ0n) is 17.3. The van der Waals surface area contributed by atoms with Crippen molar-refractivity contribution in [3.8, 4) is 11.5 Å². The number of guanidine groups is 1. The lowest BCUT2D eigenvalue weighted by atomic mass is 10.2. The fraction of sp³-hybridized carbons (Fsp3) is 0.333. The summed E-state index contributed by atoms with van der Waals surface area (Å²) in [5, 5.41) is 6.14. The largest absolute Gasteiger partial charge is 0.497 e. The van der Waals surface area contributed by atoms with Gasteiger partial charge in [-0.2, -0.15) is 0 Å². The number of benzene rings is 2. The second-order valence-corrected chi connectivity index (χ2v) is 6.13. The van der Waals surface area contributed by atoms with Crippen LogP contribution in [0.5, 0.6) is 11.5 Å². The highest BCUT2D eigenvalue weighted by Crippen LogP contribution is 2.18. The van der Waals surface area contributed by atoms with Crippen molar-refractivity contribution in [2.45, 2.75) is 6.54 Å². The Balaban J connectivity index is 0.00000420. The maximum absolute atomic E-state index is 12.2. The third kappa shape index (κ3) is 7.45. The number of carbonyl (C=O) groups excluding carboxylic acids is 1. The first kappa shape index (κ1) is 24.5. The van der Waals surface area contributed by atoms with Crippen molar-refractivity contribution < 1.29 is 14.3 Å². The molecule has 2 rings (SSSR count). The van der Waals surface area contributed by atoms with Gasteiger partial charge in [0.1, 0.15) is 11.5 Å². The molecule has 0 aliphatic rings. The number of nitrogens with zero attached hydrogens (tertiary/aromatic N) is 2. The molecule has 1 amide bonds. The Kier molecular flexibility index (Phi) is 10.9. The second kappa shape index (κ2) is 12.9. The minimum Gasteiger partial charge on any atom is -0.497 e. The Morgan fingerprint density at radius 2 is 1.76 bits per heavy atom. The van der Waals surface area contributed by atoms with Crippen LogP contribution in [-0.2, 0) is 6.54 Å². The third-order valence-corrected chi connectivity index (χ3v) is 4.20. The quantitative estimate of drug-likeness (QED) is 0.246. The summed E-state index contributed by atoms with van der Waals surface area (Å²) in [5.74, 6) is 2.10. The standard InChI is InChI=1S/C21H28N4O3.HI/c1-22-21(25(2)15-17-8-5-6-11-19(17)28-4)24-13-12-23-20(26)16-9-7-10-18(14-16)27-3;/h5-11,14H,12-13,15H2,1-4H3,(H,22,24)(H,23,26);1H. The molecule has 0 saturated carbocycles. The van der Waals surface area contributed by atoms with Crippen LogP contribution in [0.25, 0.3) is 0 Å². The molecule has 29 heavy (non-hydrogen) atoms. The molecular weight excluding hydrogens is 483 g/mol. The van der Waals surface area contributed by atoms with Gasteiger partial charge in [-0.25, -0.2) is 0 Å². The topological polar surface area (TPSA) is 75.2 Å². The molecule has 0 aromatic heterocycles. The Hall–Kier alpha value is -2.49. The van der Waals surface area contributed by atoms with E-state index in [1.807, 2.05) is 36.2 Å². The molecule has 0 atom stereocenters. The lowest BCUT2D eigenvalue weighted by Crippen LogP contribution is -2.42. The van der Waals surface area contributed by atoms with E-state index in [4.69, 9.17) is 9.47 Å². The number of carbonyl (C=O) groups is 1. The van der Waals surface area contributed by atoms with E-state index in [-0.39, 0.29) is 29.9 Å². The summed E-state index contributed by atoms with van der Waals surface area (Å²) in [6.45, 7) is 1.68. The van der Waals surface area contributed by atoms with Crippen LogP contribution in [0.4, 0.5) is 0 Å². The molecule has 7 nitrogen and oxygen atoms in total. The number of amides is 1. The second-order valence-electron chi connectivity index (χ2n) is 6.13. The molecule has 2 aromatic carbocycles. The molecule has 0 heterocycles. The van der Waals surface area contributed by atoms with Gasteiger partial charge in [-0.1, -0.05) is 24.3 Å². The summed E-state index contributed by atoms with van der Waals surface area (Å²) >= 11 is 0. The van der Waals surface area contributed by atoms with Crippen molar-refractivity contribution in [3.63, 3.8) is 0 Å². The van der Waals surface area contributed by atoms with Gasteiger partial charge in [0.2, 0.25) is 0 Å². The van der Waals surface area contributed by atoms with E-state index < -0.39 is 0 Å². The Labute approximate surface area is 189 Å². The highest BCUT2D eigenvalue weighted by Gasteiger charge is 2.10. The van der Waals surface area contributed by atoms with Crippen molar-refractivity contribution in [2.24, 2.45) is 4.99 Å².